The number of nitrogens with zero attached hydrogens (tertiary/aromatic N) is 1. The number of pyridine rings is 1. The van der Waals surface area contributed by atoms with Gasteiger partial charge in [-0.1, -0.05) is 18.2 Å². The van der Waals surface area contributed by atoms with E-state index in [9.17, 15) is 4.79 Å². The molecule has 1 N–H and O–H groups in total. The SMILES string of the molecule is CCOC(=O)c1cccnc1SNc1ccccc1. The van der Waals surface area contributed by atoms with E-state index in [0.717, 1.165) is 5.69 Å². The van der Waals surface area contributed by atoms with Crippen LogP contribution >= 0.6 is 11.9 Å². The van der Waals surface area contributed by atoms with Gasteiger partial charge in [0.1, 0.15) is 5.03 Å². The van der Waals surface area contributed by atoms with Crippen molar-refractivity contribution >= 4 is 23.6 Å². The van der Waals surface area contributed by atoms with Crippen molar-refractivity contribution in [1.82, 2.24) is 4.98 Å². The lowest BCUT2D eigenvalue weighted by Crippen LogP contribution is -2.07. The molecular weight excluding hydrogens is 260 g/mol. The fraction of sp³-hybridized carbons (Fsp3) is 0.143. The molecule has 1 aromatic heterocycles. The quantitative estimate of drug-likeness (QED) is 0.669. The minimum atomic E-state index is -0.354. The molecule has 19 heavy (non-hydrogen) atoms. The molecule has 0 fully saturated rings. The number of carbonyl (C=O) groups excluding carboxylic acids is 1. The van der Waals surface area contributed by atoms with Crippen molar-refractivity contribution in [3.05, 3.63) is 54.2 Å². The predicted molar refractivity (Wildman–Crippen MR) is 76.1 cm³/mol. The van der Waals surface area contributed by atoms with Crippen LogP contribution in [0.4, 0.5) is 5.69 Å². The lowest BCUT2D eigenvalue weighted by atomic mass is 10.3. The molecule has 0 aliphatic rings. The second-order valence-corrected chi connectivity index (χ2v) is 4.44. The lowest BCUT2D eigenvalue weighted by molar-refractivity contribution is 0.0521. The third-order valence-corrected chi connectivity index (χ3v) is 3.16. The van der Waals surface area contributed by atoms with Crippen LogP contribution in [0, 0.1) is 0 Å². The van der Waals surface area contributed by atoms with Gasteiger partial charge < -0.3 is 9.46 Å². The first kappa shape index (κ1) is 13.4. The molecule has 1 aromatic carbocycles. The smallest absolute Gasteiger partial charge is 0.340 e. The summed E-state index contributed by atoms with van der Waals surface area (Å²) >= 11 is 1.29. The van der Waals surface area contributed by atoms with Gasteiger partial charge in [-0.15, -0.1) is 0 Å². The largest absolute Gasteiger partial charge is 0.462 e. The number of rotatable bonds is 5. The summed E-state index contributed by atoms with van der Waals surface area (Å²) in [6.45, 7) is 2.13. The zero-order chi connectivity index (χ0) is 13.5. The van der Waals surface area contributed by atoms with E-state index in [1.807, 2.05) is 30.3 Å². The highest BCUT2D eigenvalue weighted by Gasteiger charge is 2.13. The maximum absolute atomic E-state index is 11.8. The molecule has 0 spiro atoms. The molecule has 1 heterocycles. The molecule has 2 rings (SSSR count). The minimum Gasteiger partial charge on any atom is -0.462 e. The number of hydrogen-bond acceptors (Lipinski definition) is 5. The first-order chi connectivity index (χ1) is 9.31. The van der Waals surface area contributed by atoms with Gasteiger partial charge in [0, 0.05) is 23.8 Å². The van der Waals surface area contributed by atoms with Gasteiger partial charge in [-0.05, 0) is 31.2 Å². The summed E-state index contributed by atoms with van der Waals surface area (Å²) in [5.41, 5.74) is 1.42. The molecular formula is C14H14N2O2S. The number of carbonyl (C=O) groups is 1. The molecule has 0 atom stereocenters. The van der Waals surface area contributed by atoms with Crippen LogP contribution < -0.4 is 4.72 Å². The number of aromatic nitrogens is 1. The fourth-order valence-electron chi connectivity index (χ4n) is 1.45. The number of anilines is 1. The topological polar surface area (TPSA) is 51.2 Å². The van der Waals surface area contributed by atoms with Crippen LogP contribution in [-0.4, -0.2) is 17.6 Å². The highest BCUT2D eigenvalue weighted by Crippen LogP contribution is 2.22. The summed E-state index contributed by atoms with van der Waals surface area (Å²) in [5, 5.41) is 0.602. The second kappa shape index (κ2) is 6.80. The Morgan fingerprint density at radius 1 is 1.26 bits per heavy atom. The van der Waals surface area contributed by atoms with Gasteiger partial charge >= 0.3 is 5.97 Å². The Bertz CT molecular complexity index is 546. The number of esters is 1. The van der Waals surface area contributed by atoms with Crippen molar-refractivity contribution in [2.75, 3.05) is 11.3 Å². The average Bonchev–Trinajstić information content (AvgIpc) is 2.47. The van der Waals surface area contributed by atoms with E-state index in [0.29, 0.717) is 17.2 Å². The van der Waals surface area contributed by atoms with Crippen molar-refractivity contribution < 1.29 is 9.53 Å². The number of benzene rings is 1. The second-order valence-electron chi connectivity index (χ2n) is 3.65. The normalized spacial score (nSPS) is 9.95. The lowest BCUT2D eigenvalue weighted by Gasteiger charge is -2.08. The van der Waals surface area contributed by atoms with Crippen molar-refractivity contribution in [3.63, 3.8) is 0 Å². The maximum atomic E-state index is 11.8. The van der Waals surface area contributed by atoms with Crippen molar-refractivity contribution in [1.29, 1.82) is 0 Å². The highest BCUT2D eigenvalue weighted by molar-refractivity contribution is 8.00. The molecule has 0 unspecified atom stereocenters. The van der Waals surface area contributed by atoms with Crippen molar-refractivity contribution in [2.45, 2.75) is 11.9 Å². The molecule has 0 bridgehead atoms. The van der Waals surface area contributed by atoms with Crippen molar-refractivity contribution in [3.8, 4) is 0 Å². The van der Waals surface area contributed by atoms with Crippen LogP contribution in [-0.2, 0) is 4.74 Å². The van der Waals surface area contributed by atoms with Crippen molar-refractivity contribution in [2.24, 2.45) is 0 Å². The molecule has 0 radical (unpaired) electrons. The summed E-state index contributed by atoms with van der Waals surface area (Å²) < 4.78 is 8.15. The minimum absolute atomic E-state index is 0.351. The molecule has 0 aliphatic heterocycles. The van der Waals surface area contributed by atoms with E-state index in [1.54, 1.807) is 25.3 Å². The number of ether oxygens (including phenoxy) is 1. The summed E-state index contributed by atoms with van der Waals surface area (Å²) in [6, 6.07) is 13.1. The zero-order valence-electron chi connectivity index (χ0n) is 10.5. The first-order valence-electron chi connectivity index (χ1n) is 5.91. The van der Waals surface area contributed by atoms with E-state index in [4.69, 9.17) is 4.74 Å². The zero-order valence-corrected chi connectivity index (χ0v) is 11.3. The number of hydrogen-bond donors (Lipinski definition) is 1. The van der Waals surface area contributed by atoms with Crippen LogP contribution in [0.5, 0.6) is 0 Å². The van der Waals surface area contributed by atoms with Gasteiger partial charge in [-0.25, -0.2) is 9.78 Å². The monoisotopic (exact) mass is 274 g/mol. The molecule has 0 amide bonds. The fourth-order valence-corrected chi connectivity index (χ4v) is 2.18. The van der Waals surface area contributed by atoms with Gasteiger partial charge in [0.2, 0.25) is 0 Å². The number of nitrogens with one attached hydrogen (secondary N) is 1. The summed E-state index contributed by atoms with van der Waals surface area (Å²) in [4.78, 5) is 16.0. The van der Waals surface area contributed by atoms with E-state index in [-0.39, 0.29) is 5.97 Å². The Labute approximate surface area is 116 Å². The van der Waals surface area contributed by atoms with E-state index >= 15 is 0 Å². The van der Waals surface area contributed by atoms with Gasteiger partial charge in [0.25, 0.3) is 0 Å². The van der Waals surface area contributed by atoms with Gasteiger partial charge in [-0.3, -0.25) is 0 Å². The molecule has 5 heteroatoms. The molecule has 0 saturated carbocycles. The van der Waals surface area contributed by atoms with Crippen LogP contribution in [0.1, 0.15) is 17.3 Å². The van der Waals surface area contributed by atoms with Gasteiger partial charge in [0.05, 0.1) is 12.2 Å². The van der Waals surface area contributed by atoms with Crippen LogP contribution in [0.15, 0.2) is 53.7 Å². The molecule has 0 saturated heterocycles. The summed E-state index contributed by atoms with van der Waals surface area (Å²) in [7, 11) is 0. The highest BCUT2D eigenvalue weighted by atomic mass is 32.2. The molecule has 0 aliphatic carbocycles. The Morgan fingerprint density at radius 3 is 2.79 bits per heavy atom. The van der Waals surface area contributed by atoms with Gasteiger partial charge in [-0.2, -0.15) is 0 Å². The Balaban J connectivity index is 2.10. The van der Waals surface area contributed by atoms with Gasteiger partial charge in [0.15, 0.2) is 0 Å². The summed E-state index contributed by atoms with van der Waals surface area (Å²) in [6.07, 6.45) is 1.65. The third-order valence-electron chi connectivity index (χ3n) is 2.31. The Hall–Kier alpha value is -2.01. The van der Waals surface area contributed by atoms with Crippen LogP contribution in [0.2, 0.25) is 0 Å². The van der Waals surface area contributed by atoms with Crippen LogP contribution in [0.25, 0.3) is 0 Å². The number of para-hydroxylation sites is 1. The average molecular weight is 274 g/mol. The standard InChI is InChI=1S/C14H14N2O2S/c1-2-18-14(17)12-9-6-10-15-13(12)19-16-11-7-4-3-5-8-11/h3-10,16H,2H2,1H3. The van der Waals surface area contributed by atoms with E-state index in [2.05, 4.69) is 9.71 Å². The van der Waals surface area contributed by atoms with E-state index in [1.165, 1.54) is 11.9 Å². The molecule has 98 valence electrons. The Kier molecular flexibility index (Phi) is 4.80. The summed E-state index contributed by atoms with van der Waals surface area (Å²) in [5.74, 6) is -0.354. The predicted octanol–water partition coefficient (Wildman–Crippen LogP) is 3.38. The third kappa shape index (κ3) is 3.72. The maximum Gasteiger partial charge on any atom is 0.340 e. The first-order valence-corrected chi connectivity index (χ1v) is 6.73. The van der Waals surface area contributed by atoms with E-state index < -0.39 is 0 Å². The molecule has 4 nitrogen and oxygen atoms in total. The Morgan fingerprint density at radius 2 is 2.05 bits per heavy atom. The van der Waals surface area contributed by atoms with Crippen LogP contribution in [0.3, 0.4) is 0 Å². The molecule has 2 aromatic rings.